The number of imidazole rings is 1. The highest BCUT2D eigenvalue weighted by molar-refractivity contribution is 6.32. The van der Waals surface area contributed by atoms with Gasteiger partial charge in [0.25, 0.3) is 0 Å². The quantitative estimate of drug-likeness (QED) is 0.908. The Morgan fingerprint density at radius 1 is 1.41 bits per heavy atom. The molecule has 1 aromatic carbocycles. The van der Waals surface area contributed by atoms with E-state index < -0.39 is 0 Å². The first kappa shape index (κ1) is 12.1. The Balaban J connectivity index is 2.63. The van der Waals surface area contributed by atoms with E-state index in [0.29, 0.717) is 17.5 Å². The van der Waals surface area contributed by atoms with Gasteiger partial charge in [-0.3, -0.25) is 0 Å². The summed E-state index contributed by atoms with van der Waals surface area (Å²) >= 11 is 6.27. The molecular formula is C13H16ClN3. The van der Waals surface area contributed by atoms with Gasteiger partial charge in [-0.25, -0.2) is 4.98 Å². The minimum atomic E-state index is 0.340. The third-order valence-electron chi connectivity index (χ3n) is 2.72. The lowest BCUT2D eigenvalue weighted by Gasteiger charge is -2.15. The Morgan fingerprint density at radius 3 is 2.82 bits per heavy atom. The van der Waals surface area contributed by atoms with Crippen LogP contribution < -0.4 is 5.73 Å². The molecule has 0 radical (unpaired) electrons. The van der Waals surface area contributed by atoms with Gasteiger partial charge in [-0.1, -0.05) is 37.6 Å². The summed E-state index contributed by atoms with van der Waals surface area (Å²) in [6.07, 6.45) is 3.72. The Bertz CT molecular complexity index is 517. The summed E-state index contributed by atoms with van der Waals surface area (Å²) in [6, 6.07) is 5.78. The SMILES string of the molecule is CC(C)c1nccn1-c1c(Cl)cccc1CN. The Morgan fingerprint density at radius 2 is 2.18 bits per heavy atom. The lowest BCUT2D eigenvalue weighted by Crippen LogP contribution is -2.08. The van der Waals surface area contributed by atoms with Gasteiger partial charge in [-0.15, -0.1) is 0 Å². The van der Waals surface area contributed by atoms with E-state index in [9.17, 15) is 0 Å². The van der Waals surface area contributed by atoms with Gasteiger partial charge < -0.3 is 10.3 Å². The Labute approximate surface area is 106 Å². The van der Waals surface area contributed by atoms with Crippen LogP contribution in [0.25, 0.3) is 5.69 Å². The maximum Gasteiger partial charge on any atom is 0.115 e. The molecule has 90 valence electrons. The molecule has 1 heterocycles. The molecular weight excluding hydrogens is 234 g/mol. The van der Waals surface area contributed by atoms with Crippen molar-refractivity contribution >= 4 is 11.6 Å². The highest BCUT2D eigenvalue weighted by Gasteiger charge is 2.14. The van der Waals surface area contributed by atoms with Gasteiger partial charge in [0.2, 0.25) is 0 Å². The second kappa shape index (κ2) is 4.90. The zero-order valence-electron chi connectivity index (χ0n) is 10.0. The fraction of sp³-hybridized carbons (Fsp3) is 0.308. The summed E-state index contributed by atoms with van der Waals surface area (Å²) in [5.74, 6) is 1.33. The van der Waals surface area contributed by atoms with Gasteiger partial charge in [-0.05, 0) is 11.6 Å². The number of para-hydroxylation sites is 1. The van der Waals surface area contributed by atoms with Crippen molar-refractivity contribution in [2.45, 2.75) is 26.3 Å². The lowest BCUT2D eigenvalue weighted by atomic mass is 10.1. The predicted molar refractivity (Wildman–Crippen MR) is 70.6 cm³/mol. The van der Waals surface area contributed by atoms with Gasteiger partial charge >= 0.3 is 0 Å². The molecule has 3 nitrogen and oxygen atoms in total. The van der Waals surface area contributed by atoms with Crippen molar-refractivity contribution in [3.63, 3.8) is 0 Å². The fourth-order valence-corrected chi connectivity index (χ4v) is 2.21. The average Bonchev–Trinajstić information content (AvgIpc) is 2.77. The number of nitrogens with zero attached hydrogens (tertiary/aromatic N) is 2. The number of hydrogen-bond acceptors (Lipinski definition) is 2. The normalized spacial score (nSPS) is 11.1. The molecule has 1 aromatic heterocycles. The maximum absolute atomic E-state index is 6.27. The van der Waals surface area contributed by atoms with Crippen LogP contribution in [0.4, 0.5) is 0 Å². The minimum absolute atomic E-state index is 0.340. The molecule has 0 spiro atoms. The van der Waals surface area contributed by atoms with Gasteiger partial charge in [-0.2, -0.15) is 0 Å². The summed E-state index contributed by atoms with van der Waals surface area (Å²) in [4.78, 5) is 4.37. The van der Waals surface area contributed by atoms with E-state index in [2.05, 4.69) is 18.8 Å². The molecule has 0 aliphatic heterocycles. The zero-order chi connectivity index (χ0) is 12.4. The zero-order valence-corrected chi connectivity index (χ0v) is 10.8. The van der Waals surface area contributed by atoms with Crippen LogP contribution in [0.1, 0.15) is 31.2 Å². The van der Waals surface area contributed by atoms with Crippen molar-refractivity contribution < 1.29 is 0 Å². The first-order valence-corrected chi connectivity index (χ1v) is 6.04. The van der Waals surface area contributed by atoms with E-state index in [4.69, 9.17) is 17.3 Å². The molecule has 0 aliphatic rings. The van der Waals surface area contributed by atoms with E-state index in [0.717, 1.165) is 17.1 Å². The van der Waals surface area contributed by atoms with E-state index in [1.807, 2.05) is 29.0 Å². The average molecular weight is 250 g/mol. The molecule has 2 N–H and O–H groups in total. The first-order valence-electron chi connectivity index (χ1n) is 5.66. The Hall–Kier alpha value is -1.32. The topological polar surface area (TPSA) is 43.8 Å². The molecule has 17 heavy (non-hydrogen) atoms. The molecule has 0 amide bonds. The van der Waals surface area contributed by atoms with Crippen molar-refractivity contribution in [1.82, 2.24) is 9.55 Å². The summed E-state index contributed by atoms with van der Waals surface area (Å²) in [6.45, 7) is 4.68. The number of aromatic nitrogens is 2. The number of nitrogens with two attached hydrogens (primary N) is 1. The second-order valence-corrected chi connectivity index (χ2v) is 4.67. The molecule has 0 unspecified atom stereocenters. The number of rotatable bonds is 3. The van der Waals surface area contributed by atoms with Crippen molar-refractivity contribution in [3.05, 3.63) is 47.0 Å². The number of hydrogen-bond donors (Lipinski definition) is 1. The second-order valence-electron chi connectivity index (χ2n) is 4.26. The molecule has 2 rings (SSSR count). The summed E-state index contributed by atoms with van der Waals surface area (Å²) in [5.41, 5.74) is 7.73. The van der Waals surface area contributed by atoms with Gasteiger partial charge in [0.1, 0.15) is 5.82 Å². The summed E-state index contributed by atoms with van der Waals surface area (Å²) < 4.78 is 2.02. The molecule has 0 saturated carbocycles. The smallest absolute Gasteiger partial charge is 0.115 e. The minimum Gasteiger partial charge on any atom is -0.326 e. The van der Waals surface area contributed by atoms with E-state index in [1.165, 1.54) is 0 Å². The molecule has 4 heteroatoms. The van der Waals surface area contributed by atoms with Crippen LogP contribution in [0.2, 0.25) is 5.02 Å². The molecule has 0 aliphatic carbocycles. The third-order valence-corrected chi connectivity index (χ3v) is 3.02. The molecule has 0 saturated heterocycles. The highest BCUT2D eigenvalue weighted by atomic mass is 35.5. The van der Waals surface area contributed by atoms with Crippen LogP contribution in [0.3, 0.4) is 0 Å². The van der Waals surface area contributed by atoms with Crippen LogP contribution in [0.15, 0.2) is 30.6 Å². The molecule has 2 aromatic rings. The van der Waals surface area contributed by atoms with Crippen LogP contribution in [0, 0.1) is 0 Å². The van der Waals surface area contributed by atoms with Crippen molar-refractivity contribution in [3.8, 4) is 5.69 Å². The number of benzene rings is 1. The van der Waals surface area contributed by atoms with Crippen LogP contribution in [0.5, 0.6) is 0 Å². The van der Waals surface area contributed by atoms with Crippen LogP contribution >= 0.6 is 11.6 Å². The molecule has 0 bridgehead atoms. The number of halogens is 1. The fourth-order valence-electron chi connectivity index (χ4n) is 1.93. The van der Waals surface area contributed by atoms with Gasteiger partial charge in [0, 0.05) is 24.9 Å². The summed E-state index contributed by atoms with van der Waals surface area (Å²) in [5, 5.41) is 0.702. The third kappa shape index (κ3) is 2.21. The largest absolute Gasteiger partial charge is 0.326 e. The monoisotopic (exact) mass is 249 g/mol. The van der Waals surface area contributed by atoms with Gasteiger partial charge in [0.05, 0.1) is 10.7 Å². The standard InChI is InChI=1S/C13H16ClN3/c1-9(2)13-16-6-7-17(13)12-10(8-15)4-3-5-11(12)14/h3-7,9H,8,15H2,1-2H3. The van der Waals surface area contributed by atoms with Crippen LogP contribution in [-0.4, -0.2) is 9.55 Å². The first-order chi connectivity index (χ1) is 8.15. The maximum atomic E-state index is 6.27. The molecule has 0 fully saturated rings. The van der Waals surface area contributed by atoms with Crippen LogP contribution in [-0.2, 0) is 6.54 Å². The van der Waals surface area contributed by atoms with Crippen molar-refractivity contribution in [2.75, 3.05) is 0 Å². The lowest BCUT2D eigenvalue weighted by molar-refractivity contribution is 0.748. The van der Waals surface area contributed by atoms with Crippen molar-refractivity contribution in [1.29, 1.82) is 0 Å². The highest BCUT2D eigenvalue weighted by Crippen LogP contribution is 2.27. The predicted octanol–water partition coefficient (Wildman–Crippen LogP) is 3.11. The summed E-state index contributed by atoms with van der Waals surface area (Å²) in [7, 11) is 0. The van der Waals surface area contributed by atoms with E-state index >= 15 is 0 Å². The van der Waals surface area contributed by atoms with E-state index in [-0.39, 0.29) is 0 Å². The van der Waals surface area contributed by atoms with E-state index in [1.54, 1.807) is 6.20 Å². The molecule has 0 atom stereocenters. The van der Waals surface area contributed by atoms with Gasteiger partial charge in [0.15, 0.2) is 0 Å². The van der Waals surface area contributed by atoms with Crippen molar-refractivity contribution in [2.24, 2.45) is 5.73 Å². The Kier molecular flexibility index (Phi) is 3.50.